The van der Waals surface area contributed by atoms with Gasteiger partial charge in [0.25, 0.3) is 0 Å². The Labute approximate surface area is 93.4 Å². The Hall–Kier alpha value is -0.0800. The first-order valence-corrected chi connectivity index (χ1v) is 6.76. The van der Waals surface area contributed by atoms with E-state index < -0.39 is 0 Å². The summed E-state index contributed by atoms with van der Waals surface area (Å²) in [7, 11) is 2.34. The second-order valence-electron chi connectivity index (χ2n) is 5.97. The predicted molar refractivity (Wildman–Crippen MR) is 62.9 cm³/mol. The minimum absolute atomic E-state index is 0.889. The van der Waals surface area contributed by atoms with Gasteiger partial charge in [-0.05, 0) is 64.0 Å². The van der Waals surface area contributed by atoms with Crippen molar-refractivity contribution in [1.82, 2.24) is 10.2 Å². The minimum Gasteiger partial charge on any atom is -0.314 e. The molecule has 2 nitrogen and oxygen atoms in total. The van der Waals surface area contributed by atoms with E-state index in [1.807, 2.05) is 0 Å². The van der Waals surface area contributed by atoms with Crippen molar-refractivity contribution in [3.63, 3.8) is 0 Å². The Kier molecular flexibility index (Phi) is 2.73. The summed E-state index contributed by atoms with van der Waals surface area (Å²) < 4.78 is 0. The van der Waals surface area contributed by atoms with Crippen LogP contribution in [-0.4, -0.2) is 37.1 Å². The van der Waals surface area contributed by atoms with E-state index in [2.05, 4.69) is 17.3 Å². The van der Waals surface area contributed by atoms with Crippen LogP contribution in [0, 0.1) is 11.8 Å². The second-order valence-corrected chi connectivity index (χ2v) is 5.97. The van der Waals surface area contributed by atoms with Crippen LogP contribution in [0.1, 0.15) is 38.5 Å². The van der Waals surface area contributed by atoms with E-state index >= 15 is 0 Å². The Morgan fingerprint density at radius 3 is 2.40 bits per heavy atom. The van der Waals surface area contributed by atoms with Gasteiger partial charge in [0.15, 0.2) is 0 Å². The van der Waals surface area contributed by atoms with Crippen LogP contribution in [0.25, 0.3) is 0 Å². The maximum Gasteiger partial charge on any atom is 0.0133 e. The molecule has 0 radical (unpaired) electrons. The number of hydrogen-bond acceptors (Lipinski definition) is 2. The second kappa shape index (κ2) is 4.06. The zero-order chi connectivity index (χ0) is 10.3. The highest BCUT2D eigenvalue weighted by atomic mass is 15.2. The molecule has 3 fully saturated rings. The van der Waals surface area contributed by atoms with Crippen molar-refractivity contribution in [1.29, 1.82) is 0 Å². The molecule has 0 spiro atoms. The molecule has 0 amide bonds. The van der Waals surface area contributed by atoms with Gasteiger partial charge < -0.3 is 10.2 Å². The van der Waals surface area contributed by atoms with Gasteiger partial charge in [0, 0.05) is 18.6 Å². The molecule has 0 aromatic heterocycles. The number of nitrogens with zero attached hydrogens (tertiary/aromatic N) is 1. The number of nitrogens with one attached hydrogen (secondary N) is 1. The molecular weight excluding hydrogens is 184 g/mol. The average molecular weight is 208 g/mol. The van der Waals surface area contributed by atoms with Crippen molar-refractivity contribution in [3.05, 3.63) is 0 Å². The molecule has 2 heteroatoms. The predicted octanol–water partition coefficient (Wildman–Crippen LogP) is 1.86. The van der Waals surface area contributed by atoms with Crippen LogP contribution >= 0.6 is 0 Å². The van der Waals surface area contributed by atoms with E-state index in [0.717, 1.165) is 23.9 Å². The van der Waals surface area contributed by atoms with Gasteiger partial charge in [-0.1, -0.05) is 0 Å². The summed E-state index contributed by atoms with van der Waals surface area (Å²) in [6.07, 6.45) is 8.73. The summed E-state index contributed by atoms with van der Waals surface area (Å²) in [5.41, 5.74) is 0. The average Bonchev–Trinajstić information content (AvgIpc) is 2.94. The standard InChI is InChI=1S/C13H24N2/c1-15(9-10-2-3-10)13-7-4-11(13)8-14-12-5-6-12/h10-14H,2-9H2,1H3. The third kappa shape index (κ3) is 2.54. The van der Waals surface area contributed by atoms with Crippen LogP contribution in [0.2, 0.25) is 0 Å². The van der Waals surface area contributed by atoms with E-state index in [1.54, 1.807) is 0 Å². The third-order valence-electron chi connectivity index (χ3n) is 4.43. The molecule has 86 valence electrons. The lowest BCUT2D eigenvalue weighted by Crippen LogP contribution is -2.49. The maximum absolute atomic E-state index is 3.69. The lowest BCUT2D eigenvalue weighted by atomic mass is 9.78. The summed E-state index contributed by atoms with van der Waals surface area (Å²) in [5.74, 6) is 2.00. The van der Waals surface area contributed by atoms with Gasteiger partial charge in [-0.3, -0.25) is 0 Å². The van der Waals surface area contributed by atoms with E-state index in [9.17, 15) is 0 Å². The van der Waals surface area contributed by atoms with Crippen LogP contribution < -0.4 is 5.32 Å². The van der Waals surface area contributed by atoms with Gasteiger partial charge in [0.05, 0.1) is 0 Å². The smallest absolute Gasteiger partial charge is 0.0133 e. The highest BCUT2D eigenvalue weighted by Crippen LogP contribution is 2.36. The van der Waals surface area contributed by atoms with Gasteiger partial charge in [-0.2, -0.15) is 0 Å². The van der Waals surface area contributed by atoms with Crippen LogP contribution in [-0.2, 0) is 0 Å². The fourth-order valence-electron chi connectivity index (χ4n) is 2.82. The van der Waals surface area contributed by atoms with E-state index in [1.165, 1.54) is 51.6 Å². The molecule has 0 aliphatic heterocycles. The van der Waals surface area contributed by atoms with Crippen LogP contribution in [0.5, 0.6) is 0 Å². The molecule has 15 heavy (non-hydrogen) atoms. The minimum atomic E-state index is 0.889. The zero-order valence-corrected chi connectivity index (χ0v) is 9.91. The highest BCUT2D eigenvalue weighted by Gasteiger charge is 2.36. The van der Waals surface area contributed by atoms with Crippen LogP contribution in [0.4, 0.5) is 0 Å². The molecular formula is C13H24N2. The van der Waals surface area contributed by atoms with Gasteiger partial charge >= 0.3 is 0 Å². The quantitative estimate of drug-likeness (QED) is 0.717. The van der Waals surface area contributed by atoms with Crippen molar-refractivity contribution in [2.45, 2.75) is 50.6 Å². The molecule has 3 rings (SSSR count). The maximum atomic E-state index is 3.69. The Balaban J connectivity index is 1.39. The SMILES string of the molecule is CN(CC1CC1)C1CCC1CNC1CC1. The molecule has 0 heterocycles. The molecule has 3 aliphatic rings. The fraction of sp³-hybridized carbons (Fsp3) is 1.00. The Morgan fingerprint density at radius 1 is 1.07 bits per heavy atom. The fourth-order valence-corrected chi connectivity index (χ4v) is 2.82. The van der Waals surface area contributed by atoms with Crippen molar-refractivity contribution >= 4 is 0 Å². The summed E-state index contributed by atoms with van der Waals surface area (Å²) in [6, 6.07) is 1.79. The molecule has 3 aliphatic carbocycles. The lowest BCUT2D eigenvalue weighted by Gasteiger charge is -2.43. The number of hydrogen-bond donors (Lipinski definition) is 1. The van der Waals surface area contributed by atoms with Crippen molar-refractivity contribution in [2.75, 3.05) is 20.1 Å². The summed E-state index contributed by atoms with van der Waals surface area (Å²) in [6.45, 7) is 2.65. The highest BCUT2D eigenvalue weighted by molar-refractivity contribution is 4.92. The van der Waals surface area contributed by atoms with E-state index in [4.69, 9.17) is 0 Å². The monoisotopic (exact) mass is 208 g/mol. The molecule has 1 N–H and O–H groups in total. The molecule has 0 bridgehead atoms. The summed E-state index contributed by atoms with van der Waals surface area (Å²) in [5, 5.41) is 3.69. The summed E-state index contributed by atoms with van der Waals surface area (Å²) in [4.78, 5) is 2.64. The normalized spacial score (nSPS) is 35.6. The molecule has 3 saturated carbocycles. The first kappa shape index (κ1) is 10.1. The van der Waals surface area contributed by atoms with Gasteiger partial charge in [0.2, 0.25) is 0 Å². The molecule has 2 unspecified atom stereocenters. The summed E-state index contributed by atoms with van der Waals surface area (Å²) >= 11 is 0. The molecule has 0 saturated heterocycles. The van der Waals surface area contributed by atoms with Gasteiger partial charge in [0.1, 0.15) is 0 Å². The van der Waals surface area contributed by atoms with E-state index in [-0.39, 0.29) is 0 Å². The van der Waals surface area contributed by atoms with Gasteiger partial charge in [-0.15, -0.1) is 0 Å². The molecule has 0 aromatic carbocycles. The Bertz CT molecular complexity index is 221. The van der Waals surface area contributed by atoms with Crippen molar-refractivity contribution < 1.29 is 0 Å². The van der Waals surface area contributed by atoms with Crippen molar-refractivity contribution in [2.24, 2.45) is 11.8 Å². The van der Waals surface area contributed by atoms with E-state index in [0.29, 0.717) is 0 Å². The third-order valence-corrected chi connectivity index (χ3v) is 4.43. The zero-order valence-electron chi connectivity index (χ0n) is 9.91. The topological polar surface area (TPSA) is 15.3 Å². The molecule has 0 aromatic rings. The van der Waals surface area contributed by atoms with Crippen LogP contribution in [0.15, 0.2) is 0 Å². The first-order chi connectivity index (χ1) is 7.33. The van der Waals surface area contributed by atoms with Crippen molar-refractivity contribution in [3.8, 4) is 0 Å². The Morgan fingerprint density at radius 2 is 1.87 bits per heavy atom. The van der Waals surface area contributed by atoms with Gasteiger partial charge in [-0.25, -0.2) is 0 Å². The first-order valence-electron chi connectivity index (χ1n) is 6.76. The molecule has 2 atom stereocenters. The largest absolute Gasteiger partial charge is 0.314 e. The number of rotatable bonds is 6. The lowest BCUT2D eigenvalue weighted by molar-refractivity contribution is 0.0799. The van der Waals surface area contributed by atoms with Crippen LogP contribution in [0.3, 0.4) is 0 Å².